The van der Waals surface area contributed by atoms with Crippen LogP contribution in [0, 0.1) is 0 Å². The number of carbonyl (C=O) groups is 3. The number of nitrogens with one attached hydrogen (secondary N) is 1. The SMILES string of the molecule is CCC(=O)NCCOC(=O)Cc1ccc(O)c(C(=O)O)c1. The fourth-order valence-electron chi connectivity index (χ4n) is 1.56. The number of rotatable bonds is 7. The molecule has 1 rings (SSSR count). The van der Waals surface area contributed by atoms with E-state index in [4.69, 9.17) is 9.84 Å². The van der Waals surface area contributed by atoms with Crippen molar-refractivity contribution in [1.29, 1.82) is 0 Å². The number of aromatic hydroxyl groups is 1. The van der Waals surface area contributed by atoms with Crippen LogP contribution in [0.2, 0.25) is 0 Å². The maximum Gasteiger partial charge on any atom is 0.339 e. The van der Waals surface area contributed by atoms with Crippen molar-refractivity contribution in [3.63, 3.8) is 0 Å². The van der Waals surface area contributed by atoms with Gasteiger partial charge in [-0.05, 0) is 17.7 Å². The first kappa shape index (κ1) is 16.5. The van der Waals surface area contributed by atoms with E-state index in [0.717, 1.165) is 0 Å². The van der Waals surface area contributed by atoms with Gasteiger partial charge in [0.15, 0.2) is 0 Å². The first-order valence-corrected chi connectivity index (χ1v) is 6.41. The van der Waals surface area contributed by atoms with E-state index in [-0.39, 0.29) is 36.8 Å². The highest BCUT2D eigenvalue weighted by atomic mass is 16.5. The van der Waals surface area contributed by atoms with Crippen LogP contribution in [-0.4, -0.2) is 41.2 Å². The Hall–Kier alpha value is -2.57. The zero-order valence-electron chi connectivity index (χ0n) is 11.6. The highest BCUT2D eigenvalue weighted by Crippen LogP contribution is 2.18. The summed E-state index contributed by atoms with van der Waals surface area (Å²) < 4.78 is 4.91. The highest BCUT2D eigenvalue weighted by molar-refractivity contribution is 5.91. The quantitative estimate of drug-likeness (QED) is 0.504. The summed E-state index contributed by atoms with van der Waals surface area (Å²) in [5, 5.41) is 20.8. The van der Waals surface area contributed by atoms with E-state index in [1.54, 1.807) is 6.92 Å². The van der Waals surface area contributed by atoms with Gasteiger partial charge in [0, 0.05) is 6.42 Å². The lowest BCUT2D eigenvalue weighted by molar-refractivity contribution is -0.143. The topological polar surface area (TPSA) is 113 Å². The molecule has 0 aliphatic carbocycles. The number of carbonyl (C=O) groups excluding carboxylic acids is 2. The summed E-state index contributed by atoms with van der Waals surface area (Å²) in [4.78, 5) is 33.3. The van der Waals surface area contributed by atoms with Crippen LogP contribution in [0.25, 0.3) is 0 Å². The minimum atomic E-state index is -1.27. The molecule has 7 heteroatoms. The molecular weight excluding hydrogens is 278 g/mol. The number of ether oxygens (including phenoxy) is 1. The van der Waals surface area contributed by atoms with Crippen molar-refractivity contribution in [2.24, 2.45) is 0 Å². The zero-order valence-corrected chi connectivity index (χ0v) is 11.6. The molecule has 21 heavy (non-hydrogen) atoms. The first-order chi connectivity index (χ1) is 9.93. The molecule has 0 saturated heterocycles. The summed E-state index contributed by atoms with van der Waals surface area (Å²) in [6.07, 6.45) is 0.252. The third-order valence-corrected chi connectivity index (χ3v) is 2.65. The summed E-state index contributed by atoms with van der Waals surface area (Å²) in [5.41, 5.74) is 0.156. The van der Waals surface area contributed by atoms with Gasteiger partial charge < -0.3 is 20.3 Å². The molecule has 0 heterocycles. The first-order valence-electron chi connectivity index (χ1n) is 6.41. The van der Waals surface area contributed by atoms with Crippen LogP contribution < -0.4 is 5.32 Å². The number of amides is 1. The molecule has 7 nitrogen and oxygen atoms in total. The van der Waals surface area contributed by atoms with E-state index in [2.05, 4.69) is 5.32 Å². The second-order valence-electron chi connectivity index (χ2n) is 4.26. The fourth-order valence-corrected chi connectivity index (χ4v) is 1.56. The molecule has 0 fully saturated rings. The average Bonchev–Trinajstić information content (AvgIpc) is 2.45. The summed E-state index contributed by atoms with van der Waals surface area (Å²) in [6.45, 7) is 2.00. The number of benzene rings is 1. The van der Waals surface area contributed by atoms with E-state index in [1.807, 2.05) is 0 Å². The smallest absolute Gasteiger partial charge is 0.339 e. The molecule has 0 bridgehead atoms. The Morgan fingerprint density at radius 2 is 2.00 bits per heavy atom. The molecule has 114 valence electrons. The maximum absolute atomic E-state index is 11.5. The van der Waals surface area contributed by atoms with Crippen LogP contribution in [0.4, 0.5) is 0 Å². The predicted molar refractivity (Wildman–Crippen MR) is 73.0 cm³/mol. The Kier molecular flexibility index (Phi) is 6.19. The van der Waals surface area contributed by atoms with Crippen molar-refractivity contribution < 1.29 is 29.3 Å². The van der Waals surface area contributed by atoms with Gasteiger partial charge >= 0.3 is 11.9 Å². The molecule has 1 amide bonds. The van der Waals surface area contributed by atoms with Crippen molar-refractivity contribution in [2.75, 3.05) is 13.2 Å². The minimum absolute atomic E-state index is 0.0500. The molecule has 0 radical (unpaired) electrons. The second-order valence-corrected chi connectivity index (χ2v) is 4.26. The van der Waals surface area contributed by atoms with E-state index < -0.39 is 11.9 Å². The highest BCUT2D eigenvalue weighted by Gasteiger charge is 2.12. The average molecular weight is 295 g/mol. The molecule has 0 saturated carbocycles. The minimum Gasteiger partial charge on any atom is -0.507 e. The molecule has 0 aromatic heterocycles. The second kappa shape index (κ2) is 7.88. The van der Waals surface area contributed by atoms with Gasteiger partial charge in [-0.15, -0.1) is 0 Å². The third kappa shape index (κ3) is 5.52. The third-order valence-electron chi connectivity index (χ3n) is 2.65. The van der Waals surface area contributed by atoms with Gasteiger partial charge in [-0.1, -0.05) is 13.0 Å². The lowest BCUT2D eigenvalue weighted by Crippen LogP contribution is -2.27. The molecule has 3 N–H and O–H groups in total. The lowest BCUT2D eigenvalue weighted by atomic mass is 10.1. The van der Waals surface area contributed by atoms with Gasteiger partial charge in [-0.3, -0.25) is 9.59 Å². The van der Waals surface area contributed by atoms with Crippen molar-refractivity contribution >= 4 is 17.8 Å². The number of carboxylic acids is 1. The number of phenols is 1. The largest absolute Gasteiger partial charge is 0.507 e. The number of hydrogen-bond donors (Lipinski definition) is 3. The van der Waals surface area contributed by atoms with Gasteiger partial charge in [-0.2, -0.15) is 0 Å². The normalized spacial score (nSPS) is 9.95. The van der Waals surface area contributed by atoms with Crippen LogP contribution in [0.3, 0.4) is 0 Å². The Labute approximate surface area is 121 Å². The Morgan fingerprint density at radius 1 is 1.29 bits per heavy atom. The maximum atomic E-state index is 11.5. The van der Waals surface area contributed by atoms with E-state index in [9.17, 15) is 19.5 Å². The van der Waals surface area contributed by atoms with Crippen LogP contribution in [0.1, 0.15) is 29.3 Å². The van der Waals surface area contributed by atoms with Crippen molar-refractivity contribution in [3.05, 3.63) is 29.3 Å². The molecule has 0 atom stereocenters. The summed E-state index contributed by atoms with van der Waals surface area (Å²) in [6, 6.07) is 3.88. The molecule has 0 unspecified atom stereocenters. The summed E-state index contributed by atoms with van der Waals surface area (Å²) in [5.74, 6) is -2.30. The van der Waals surface area contributed by atoms with Crippen molar-refractivity contribution in [2.45, 2.75) is 19.8 Å². The van der Waals surface area contributed by atoms with Crippen LogP contribution in [0.15, 0.2) is 18.2 Å². The van der Waals surface area contributed by atoms with Gasteiger partial charge in [0.2, 0.25) is 5.91 Å². The molecular formula is C14H17NO6. The molecule has 1 aromatic carbocycles. The van der Waals surface area contributed by atoms with Crippen LogP contribution in [0.5, 0.6) is 5.75 Å². The molecule has 1 aromatic rings. The standard InChI is InChI=1S/C14H17NO6/c1-2-12(17)15-5-6-21-13(18)8-9-3-4-11(16)10(7-9)14(19)20/h3-4,7,16H,2,5-6,8H2,1H3,(H,15,17)(H,19,20). The Morgan fingerprint density at radius 3 is 2.62 bits per heavy atom. The van der Waals surface area contributed by atoms with Gasteiger partial charge in [0.05, 0.1) is 13.0 Å². The fraction of sp³-hybridized carbons (Fsp3) is 0.357. The number of esters is 1. The lowest BCUT2D eigenvalue weighted by Gasteiger charge is -2.07. The van der Waals surface area contributed by atoms with Gasteiger partial charge in [0.1, 0.15) is 17.9 Å². The predicted octanol–water partition coefficient (Wildman–Crippen LogP) is 0.702. The Balaban J connectivity index is 2.46. The number of carboxylic acid groups (broad SMARTS) is 1. The number of hydrogen-bond acceptors (Lipinski definition) is 5. The summed E-state index contributed by atoms with van der Waals surface area (Å²) in [7, 11) is 0. The van der Waals surface area contributed by atoms with Gasteiger partial charge in [0.25, 0.3) is 0 Å². The van der Waals surface area contributed by atoms with Crippen molar-refractivity contribution in [1.82, 2.24) is 5.32 Å². The molecule has 0 aliphatic rings. The van der Waals surface area contributed by atoms with Crippen LogP contribution in [-0.2, 0) is 20.7 Å². The van der Waals surface area contributed by atoms with Crippen LogP contribution >= 0.6 is 0 Å². The zero-order chi connectivity index (χ0) is 15.8. The van der Waals surface area contributed by atoms with E-state index >= 15 is 0 Å². The Bertz CT molecular complexity index is 540. The van der Waals surface area contributed by atoms with Gasteiger partial charge in [-0.25, -0.2) is 4.79 Å². The van der Waals surface area contributed by atoms with E-state index in [1.165, 1.54) is 18.2 Å². The van der Waals surface area contributed by atoms with E-state index in [0.29, 0.717) is 12.0 Å². The summed E-state index contributed by atoms with van der Waals surface area (Å²) >= 11 is 0. The molecule has 0 aliphatic heterocycles. The number of aromatic carboxylic acids is 1. The molecule has 0 spiro atoms. The van der Waals surface area contributed by atoms with Crippen molar-refractivity contribution in [3.8, 4) is 5.75 Å². The monoisotopic (exact) mass is 295 g/mol.